The van der Waals surface area contributed by atoms with Gasteiger partial charge in [0.2, 0.25) is 0 Å². The molecular formula is C11H15ClN2S. The predicted molar refractivity (Wildman–Crippen MR) is 65.3 cm³/mol. The monoisotopic (exact) mass is 242 g/mol. The Morgan fingerprint density at radius 2 is 2.27 bits per heavy atom. The van der Waals surface area contributed by atoms with Gasteiger partial charge in [0.15, 0.2) is 0 Å². The van der Waals surface area contributed by atoms with E-state index in [1.165, 1.54) is 19.3 Å². The Morgan fingerprint density at radius 3 is 2.93 bits per heavy atom. The molecule has 0 saturated heterocycles. The van der Waals surface area contributed by atoms with Crippen LogP contribution in [0, 0.1) is 0 Å². The highest BCUT2D eigenvalue weighted by atomic mass is 35.5. The molecule has 0 amide bonds. The van der Waals surface area contributed by atoms with Crippen molar-refractivity contribution in [3.8, 4) is 0 Å². The zero-order valence-corrected chi connectivity index (χ0v) is 10.1. The van der Waals surface area contributed by atoms with E-state index >= 15 is 0 Å². The van der Waals surface area contributed by atoms with Crippen LogP contribution in [0.1, 0.15) is 25.7 Å². The van der Waals surface area contributed by atoms with Gasteiger partial charge in [-0.25, -0.2) is 4.98 Å². The van der Waals surface area contributed by atoms with Crippen molar-refractivity contribution in [2.45, 2.75) is 42.0 Å². The summed E-state index contributed by atoms with van der Waals surface area (Å²) >= 11 is 7.61. The van der Waals surface area contributed by atoms with E-state index in [1.54, 1.807) is 6.20 Å². The molecule has 2 atom stereocenters. The van der Waals surface area contributed by atoms with Crippen LogP contribution in [0.25, 0.3) is 0 Å². The third-order valence-electron chi connectivity index (χ3n) is 2.65. The van der Waals surface area contributed by atoms with E-state index in [1.807, 2.05) is 23.9 Å². The van der Waals surface area contributed by atoms with Crippen LogP contribution >= 0.6 is 23.4 Å². The van der Waals surface area contributed by atoms with Gasteiger partial charge in [-0.15, -0.1) is 11.8 Å². The number of hydrogen-bond donors (Lipinski definition) is 1. The van der Waals surface area contributed by atoms with Gasteiger partial charge in [-0.3, -0.25) is 0 Å². The van der Waals surface area contributed by atoms with Gasteiger partial charge >= 0.3 is 0 Å². The largest absolute Gasteiger partial charge is 0.328 e. The summed E-state index contributed by atoms with van der Waals surface area (Å²) in [6.07, 6.45) is 6.47. The molecule has 1 saturated carbocycles. The minimum atomic E-state index is 0.378. The normalized spacial score (nSPS) is 26.5. The maximum atomic E-state index is 5.95. The van der Waals surface area contributed by atoms with Crippen molar-refractivity contribution < 1.29 is 0 Å². The van der Waals surface area contributed by atoms with E-state index in [-0.39, 0.29) is 0 Å². The lowest BCUT2D eigenvalue weighted by Crippen LogP contribution is -2.29. The van der Waals surface area contributed by atoms with Gasteiger partial charge in [0.25, 0.3) is 0 Å². The minimum absolute atomic E-state index is 0.378. The molecule has 2 rings (SSSR count). The van der Waals surface area contributed by atoms with Crippen LogP contribution in [-0.4, -0.2) is 16.3 Å². The molecule has 4 heteroatoms. The summed E-state index contributed by atoms with van der Waals surface area (Å²) in [7, 11) is 0. The van der Waals surface area contributed by atoms with Gasteiger partial charge in [-0.2, -0.15) is 0 Å². The molecule has 82 valence electrons. The topological polar surface area (TPSA) is 38.9 Å². The van der Waals surface area contributed by atoms with Gasteiger partial charge < -0.3 is 5.73 Å². The molecule has 1 aromatic heterocycles. The van der Waals surface area contributed by atoms with E-state index in [4.69, 9.17) is 17.3 Å². The fraction of sp³-hybridized carbons (Fsp3) is 0.545. The Bertz CT molecular complexity index is 315. The molecule has 0 radical (unpaired) electrons. The molecule has 2 N–H and O–H groups in total. The number of thioether (sulfide) groups is 1. The molecule has 1 fully saturated rings. The second kappa shape index (κ2) is 5.19. The molecule has 1 aliphatic rings. The Balaban J connectivity index is 1.93. The standard InChI is InChI=1S/C11H15ClN2S/c12-8-4-5-11(14-7-8)15-10-3-1-2-9(13)6-10/h4-5,7,9-10H,1-3,6,13H2. The van der Waals surface area contributed by atoms with Crippen LogP contribution < -0.4 is 5.73 Å². The van der Waals surface area contributed by atoms with Crippen molar-refractivity contribution in [2.75, 3.05) is 0 Å². The van der Waals surface area contributed by atoms with Crippen molar-refractivity contribution in [1.82, 2.24) is 4.98 Å². The van der Waals surface area contributed by atoms with Crippen molar-refractivity contribution in [3.63, 3.8) is 0 Å². The molecule has 0 aliphatic heterocycles. The lowest BCUT2D eigenvalue weighted by Gasteiger charge is -2.25. The fourth-order valence-electron chi connectivity index (χ4n) is 1.89. The molecule has 1 heterocycles. The predicted octanol–water partition coefficient (Wildman–Crippen LogP) is 3.10. The molecular weight excluding hydrogens is 228 g/mol. The highest BCUT2D eigenvalue weighted by Crippen LogP contribution is 2.32. The van der Waals surface area contributed by atoms with Gasteiger partial charge in [-0.1, -0.05) is 18.0 Å². The van der Waals surface area contributed by atoms with E-state index in [9.17, 15) is 0 Å². The Labute approximate surface area is 99.6 Å². The van der Waals surface area contributed by atoms with E-state index in [0.29, 0.717) is 16.3 Å². The third-order valence-corrected chi connectivity index (χ3v) is 4.12. The Hall–Kier alpha value is -0.250. The minimum Gasteiger partial charge on any atom is -0.328 e. The van der Waals surface area contributed by atoms with E-state index in [0.717, 1.165) is 11.4 Å². The molecule has 15 heavy (non-hydrogen) atoms. The van der Waals surface area contributed by atoms with E-state index < -0.39 is 0 Å². The highest BCUT2D eigenvalue weighted by Gasteiger charge is 2.20. The second-order valence-corrected chi connectivity index (χ2v) is 5.74. The first-order valence-corrected chi connectivity index (χ1v) is 6.53. The Kier molecular flexibility index (Phi) is 3.89. The summed E-state index contributed by atoms with van der Waals surface area (Å²) in [5.74, 6) is 0. The average molecular weight is 243 g/mol. The summed E-state index contributed by atoms with van der Waals surface area (Å²) in [6, 6.07) is 4.25. The number of nitrogens with two attached hydrogens (primary N) is 1. The van der Waals surface area contributed by atoms with Gasteiger partial charge in [-0.05, 0) is 31.4 Å². The number of nitrogens with zero attached hydrogens (tertiary/aromatic N) is 1. The van der Waals surface area contributed by atoms with Gasteiger partial charge in [0.1, 0.15) is 0 Å². The lowest BCUT2D eigenvalue weighted by molar-refractivity contribution is 0.451. The molecule has 0 bridgehead atoms. The van der Waals surface area contributed by atoms with Crippen LogP contribution in [0.4, 0.5) is 0 Å². The molecule has 2 unspecified atom stereocenters. The first-order valence-electron chi connectivity index (χ1n) is 5.28. The number of rotatable bonds is 2. The summed E-state index contributed by atoms with van der Waals surface area (Å²) in [5.41, 5.74) is 5.95. The zero-order valence-electron chi connectivity index (χ0n) is 8.53. The molecule has 1 aromatic rings. The summed E-state index contributed by atoms with van der Waals surface area (Å²) in [6.45, 7) is 0. The zero-order chi connectivity index (χ0) is 10.7. The maximum Gasteiger partial charge on any atom is 0.0963 e. The molecule has 0 aromatic carbocycles. The SMILES string of the molecule is NC1CCCC(Sc2ccc(Cl)cn2)C1. The summed E-state index contributed by atoms with van der Waals surface area (Å²) < 4.78 is 0. The van der Waals surface area contributed by atoms with Crippen LogP contribution in [0.5, 0.6) is 0 Å². The molecule has 0 spiro atoms. The third kappa shape index (κ3) is 3.37. The van der Waals surface area contributed by atoms with Crippen LogP contribution in [0.15, 0.2) is 23.4 Å². The van der Waals surface area contributed by atoms with Crippen LogP contribution in [0.3, 0.4) is 0 Å². The van der Waals surface area contributed by atoms with Gasteiger partial charge in [0.05, 0.1) is 10.0 Å². The summed E-state index contributed by atoms with van der Waals surface area (Å²) in [5, 5.41) is 2.38. The number of pyridine rings is 1. The number of aromatic nitrogens is 1. The maximum absolute atomic E-state index is 5.95. The van der Waals surface area contributed by atoms with Crippen LogP contribution in [-0.2, 0) is 0 Å². The van der Waals surface area contributed by atoms with Crippen molar-refractivity contribution in [2.24, 2.45) is 5.73 Å². The smallest absolute Gasteiger partial charge is 0.0963 e. The first-order chi connectivity index (χ1) is 7.24. The lowest BCUT2D eigenvalue weighted by atomic mass is 9.96. The quantitative estimate of drug-likeness (QED) is 0.866. The van der Waals surface area contributed by atoms with Gasteiger partial charge in [0, 0.05) is 17.5 Å². The summed E-state index contributed by atoms with van der Waals surface area (Å²) in [4.78, 5) is 4.29. The molecule has 2 nitrogen and oxygen atoms in total. The van der Waals surface area contributed by atoms with Crippen molar-refractivity contribution in [3.05, 3.63) is 23.4 Å². The molecule has 1 aliphatic carbocycles. The van der Waals surface area contributed by atoms with Crippen molar-refractivity contribution >= 4 is 23.4 Å². The Morgan fingerprint density at radius 1 is 1.40 bits per heavy atom. The van der Waals surface area contributed by atoms with Crippen LogP contribution in [0.2, 0.25) is 5.02 Å². The number of halogens is 1. The van der Waals surface area contributed by atoms with E-state index in [2.05, 4.69) is 4.98 Å². The van der Waals surface area contributed by atoms with Crippen molar-refractivity contribution in [1.29, 1.82) is 0 Å². The highest BCUT2D eigenvalue weighted by molar-refractivity contribution is 7.99. The first kappa shape index (κ1) is 11.2. The number of hydrogen-bond acceptors (Lipinski definition) is 3. The second-order valence-electron chi connectivity index (χ2n) is 3.98. The fourth-order valence-corrected chi connectivity index (χ4v) is 3.23. The average Bonchev–Trinajstić information content (AvgIpc) is 2.22.